The van der Waals surface area contributed by atoms with E-state index in [1.165, 1.54) is 30.8 Å². The number of nitrogens with one attached hydrogen (secondary N) is 3. The molecule has 0 bridgehead atoms. The molecule has 0 radical (unpaired) electrons. The molecule has 0 unspecified atom stereocenters. The van der Waals surface area contributed by atoms with Crippen LogP contribution in [0, 0.1) is 12.8 Å². The van der Waals surface area contributed by atoms with Crippen LogP contribution in [0.4, 0.5) is 9.80 Å². The molecular formula is C17H27N5O2S2. The van der Waals surface area contributed by atoms with Crippen LogP contribution in [-0.4, -0.2) is 33.9 Å². The molecule has 0 aliphatic heterocycles. The fourth-order valence-electron chi connectivity index (χ4n) is 3.06. The Kier molecular flexibility index (Phi) is 7.77. The molecule has 1 aliphatic rings. The van der Waals surface area contributed by atoms with E-state index in [1.54, 1.807) is 6.92 Å². The zero-order valence-corrected chi connectivity index (χ0v) is 17.4. The number of thiocarbonyl (C=S) groups is 1. The highest BCUT2D eigenvalue weighted by molar-refractivity contribution is 7.80. The monoisotopic (exact) mass is 397 g/mol. The molecule has 0 spiro atoms. The molecule has 2 atom stereocenters. The average molecular weight is 398 g/mol. The summed E-state index contributed by atoms with van der Waals surface area (Å²) in [5, 5.41) is 11.6. The van der Waals surface area contributed by atoms with Crippen molar-refractivity contribution in [3.63, 3.8) is 0 Å². The summed E-state index contributed by atoms with van der Waals surface area (Å²) in [4.78, 5) is 11.7. The number of anilines is 1. The van der Waals surface area contributed by atoms with Crippen molar-refractivity contribution >= 4 is 45.7 Å². The van der Waals surface area contributed by atoms with Gasteiger partial charge in [-0.3, -0.25) is 10.7 Å². The number of hydrazone groups is 1. The number of ether oxygens (including phenoxy) is 1. The Labute approximate surface area is 164 Å². The van der Waals surface area contributed by atoms with E-state index < -0.39 is 6.09 Å². The molecule has 2 rings (SSSR count). The van der Waals surface area contributed by atoms with E-state index in [-0.39, 0.29) is 0 Å². The molecule has 1 fully saturated rings. The molecule has 1 aliphatic carbocycles. The third-order valence-electron chi connectivity index (χ3n) is 4.47. The summed E-state index contributed by atoms with van der Waals surface area (Å²) in [6.07, 6.45) is 4.38. The second kappa shape index (κ2) is 9.82. The topological polar surface area (TPSA) is 87.6 Å². The highest BCUT2D eigenvalue weighted by Crippen LogP contribution is 2.26. The Morgan fingerprint density at radius 3 is 2.85 bits per heavy atom. The van der Waals surface area contributed by atoms with E-state index in [0.29, 0.717) is 34.4 Å². The lowest BCUT2D eigenvalue weighted by atomic mass is 9.86. The third-order valence-corrected chi connectivity index (χ3v) is 5.53. The summed E-state index contributed by atoms with van der Waals surface area (Å²) in [6.45, 7) is 8.05. The fraction of sp³-hybridized carbons (Fsp3) is 0.647. The number of amides is 1. The van der Waals surface area contributed by atoms with E-state index >= 15 is 0 Å². The van der Waals surface area contributed by atoms with Gasteiger partial charge in [0.2, 0.25) is 0 Å². The average Bonchev–Trinajstić information content (AvgIpc) is 2.95. The third kappa shape index (κ3) is 5.63. The van der Waals surface area contributed by atoms with Crippen molar-refractivity contribution in [3.8, 4) is 0 Å². The number of aryl methyl sites for hydroxylation is 1. The van der Waals surface area contributed by atoms with Crippen molar-refractivity contribution < 1.29 is 9.53 Å². The first kappa shape index (κ1) is 20.6. The van der Waals surface area contributed by atoms with Gasteiger partial charge < -0.3 is 10.1 Å². The maximum atomic E-state index is 11.7. The Bertz CT molecular complexity index is 674. The molecule has 1 saturated carbocycles. The Morgan fingerprint density at radius 1 is 1.42 bits per heavy atom. The molecule has 144 valence electrons. The SMILES string of the molecule is CCOC(=O)Nc1snc(C)c1/C(C)=N/NC(=S)N[C@H]1CCCC[C@@H]1C. The lowest BCUT2D eigenvalue weighted by molar-refractivity contribution is 0.168. The summed E-state index contributed by atoms with van der Waals surface area (Å²) in [6, 6.07) is 0.393. The van der Waals surface area contributed by atoms with Crippen LogP contribution in [0.2, 0.25) is 0 Å². The number of carbonyl (C=O) groups is 1. The maximum absolute atomic E-state index is 11.7. The number of rotatable bonds is 5. The van der Waals surface area contributed by atoms with Crippen LogP contribution in [0.5, 0.6) is 0 Å². The van der Waals surface area contributed by atoms with Gasteiger partial charge in [0, 0.05) is 6.04 Å². The highest BCUT2D eigenvalue weighted by atomic mass is 32.1. The van der Waals surface area contributed by atoms with Gasteiger partial charge in [0.15, 0.2) is 5.11 Å². The van der Waals surface area contributed by atoms with Gasteiger partial charge in [-0.05, 0) is 63.3 Å². The van der Waals surface area contributed by atoms with E-state index in [0.717, 1.165) is 17.7 Å². The predicted molar refractivity (Wildman–Crippen MR) is 110 cm³/mol. The number of carbonyl (C=O) groups excluding carboxylic acids is 1. The maximum Gasteiger partial charge on any atom is 0.412 e. The van der Waals surface area contributed by atoms with Gasteiger partial charge in [0.1, 0.15) is 5.00 Å². The van der Waals surface area contributed by atoms with Crippen LogP contribution in [0.25, 0.3) is 0 Å². The first-order valence-corrected chi connectivity index (χ1v) is 10.1. The van der Waals surface area contributed by atoms with Crippen molar-refractivity contribution in [1.29, 1.82) is 0 Å². The Hall–Kier alpha value is -1.74. The van der Waals surface area contributed by atoms with Crippen molar-refractivity contribution in [3.05, 3.63) is 11.3 Å². The van der Waals surface area contributed by atoms with Crippen LogP contribution in [-0.2, 0) is 4.74 Å². The molecule has 1 aromatic heterocycles. The summed E-state index contributed by atoms with van der Waals surface area (Å²) >= 11 is 6.58. The van der Waals surface area contributed by atoms with Crippen molar-refractivity contribution in [2.45, 2.75) is 59.4 Å². The zero-order valence-electron chi connectivity index (χ0n) is 15.7. The first-order chi connectivity index (χ1) is 12.4. The summed E-state index contributed by atoms with van der Waals surface area (Å²) in [5.74, 6) is 0.609. The predicted octanol–water partition coefficient (Wildman–Crippen LogP) is 3.79. The standard InChI is InChI=1S/C17H27N5O2S2/c1-5-24-17(23)19-15-14(12(4)22-26-15)11(3)20-21-16(25)18-13-9-7-6-8-10(13)2/h10,13H,5-9H2,1-4H3,(H,19,23)(H2,18,21,25)/b20-11+/t10-,13-/m0/s1. The molecule has 0 aromatic carbocycles. The number of nitrogens with zero attached hydrogens (tertiary/aromatic N) is 2. The lowest BCUT2D eigenvalue weighted by Crippen LogP contribution is -2.44. The fourth-order valence-corrected chi connectivity index (χ4v) is 4.10. The van der Waals surface area contributed by atoms with E-state index in [1.807, 2.05) is 13.8 Å². The minimum Gasteiger partial charge on any atom is -0.450 e. The van der Waals surface area contributed by atoms with Gasteiger partial charge in [0.05, 0.1) is 23.6 Å². The van der Waals surface area contributed by atoms with Crippen LogP contribution < -0.4 is 16.1 Å². The summed E-state index contributed by atoms with van der Waals surface area (Å²) in [7, 11) is 0. The van der Waals surface area contributed by atoms with Gasteiger partial charge >= 0.3 is 6.09 Å². The minimum absolute atomic E-state index is 0.313. The van der Waals surface area contributed by atoms with Crippen LogP contribution in [0.3, 0.4) is 0 Å². The lowest BCUT2D eigenvalue weighted by Gasteiger charge is -2.30. The molecule has 0 saturated heterocycles. The quantitative estimate of drug-likeness (QED) is 0.398. The number of aromatic nitrogens is 1. The molecule has 26 heavy (non-hydrogen) atoms. The van der Waals surface area contributed by atoms with E-state index in [9.17, 15) is 4.79 Å². The Balaban J connectivity index is 1.99. The van der Waals surface area contributed by atoms with E-state index in [2.05, 4.69) is 32.5 Å². The van der Waals surface area contributed by atoms with Crippen LogP contribution in [0.15, 0.2) is 5.10 Å². The summed E-state index contributed by atoms with van der Waals surface area (Å²) < 4.78 is 9.22. The van der Waals surface area contributed by atoms with Crippen molar-refractivity contribution in [2.75, 3.05) is 11.9 Å². The molecule has 1 amide bonds. The molecule has 9 heteroatoms. The van der Waals surface area contributed by atoms with Gasteiger partial charge in [-0.1, -0.05) is 19.8 Å². The second-order valence-electron chi connectivity index (χ2n) is 6.47. The normalized spacial score (nSPS) is 20.4. The molecule has 1 aromatic rings. The molecule has 7 nitrogen and oxygen atoms in total. The van der Waals surface area contributed by atoms with Gasteiger partial charge in [-0.25, -0.2) is 4.79 Å². The minimum atomic E-state index is -0.498. The van der Waals surface area contributed by atoms with E-state index in [4.69, 9.17) is 17.0 Å². The smallest absolute Gasteiger partial charge is 0.412 e. The van der Waals surface area contributed by atoms with Crippen molar-refractivity contribution in [2.24, 2.45) is 11.0 Å². The van der Waals surface area contributed by atoms with Gasteiger partial charge in [-0.15, -0.1) is 0 Å². The van der Waals surface area contributed by atoms with Gasteiger partial charge in [0.25, 0.3) is 0 Å². The zero-order chi connectivity index (χ0) is 19.1. The van der Waals surface area contributed by atoms with Crippen molar-refractivity contribution in [1.82, 2.24) is 15.1 Å². The largest absolute Gasteiger partial charge is 0.450 e. The van der Waals surface area contributed by atoms with Gasteiger partial charge in [-0.2, -0.15) is 9.47 Å². The van der Waals surface area contributed by atoms with Crippen LogP contribution in [0.1, 0.15) is 57.7 Å². The molecule has 1 heterocycles. The second-order valence-corrected chi connectivity index (χ2v) is 7.65. The number of hydrogen-bond acceptors (Lipinski definition) is 6. The Morgan fingerprint density at radius 2 is 2.15 bits per heavy atom. The molecular weight excluding hydrogens is 370 g/mol. The van der Waals surface area contributed by atoms with Crippen LogP contribution >= 0.6 is 23.8 Å². The molecule has 3 N–H and O–H groups in total. The summed E-state index contributed by atoms with van der Waals surface area (Å²) in [5.41, 5.74) is 5.19. The first-order valence-electron chi connectivity index (χ1n) is 8.93. The number of hydrogen-bond donors (Lipinski definition) is 3. The highest BCUT2D eigenvalue weighted by Gasteiger charge is 2.22.